The fourth-order valence-corrected chi connectivity index (χ4v) is 2.60. The summed E-state index contributed by atoms with van der Waals surface area (Å²) in [6.45, 7) is 0.559. The Hall–Kier alpha value is -3.41. The molecule has 124 valence electrons. The van der Waals surface area contributed by atoms with Crippen LogP contribution in [0.25, 0.3) is 11.4 Å². The molecule has 6 heteroatoms. The molecule has 2 aromatic heterocycles. The van der Waals surface area contributed by atoms with Crippen LogP contribution < -0.4 is 5.32 Å². The highest BCUT2D eigenvalue weighted by Crippen LogP contribution is 2.14. The second kappa shape index (κ2) is 6.60. The second-order valence-corrected chi connectivity index (χ2v) is 5.55. The molecule has 0 aliphatic rings. The molecule has 0 aliphatic heterocycles. The summed E-state index contributed by atoms with van der Waals surface area (Å²) in [5, 5.41) is 12.1. The molecular formula is C19H16FN5. The number of nitrogens with zero attached hydrogens (tertiary/aromatic N) is 4. The first-order chi connectivity index (χ1) is 12.3. The maximum Gasteiger partial charge on any atom is 0.148 e. The molecule has 0 unspecified atom stereocenters. The number of anilines is 1. The molecule has 2 aromatic carbocycles. The number of rotatable bonds is 5. The first kappa shape index (κ1) is 15.1. The van der Waals surface area contributed by atoms with Crippen LogP contribution in [-0.2, 0) is 6.54 Å². The molecule has 0 aliphatic carbocycles. The van der Waals surface area contributed by atoms with Crippen molar-refractivity contribution in [1.29, 1.82) is 0 Å². The number of para-hydroxylation sites is 1. The predicted octanol–water partition coefficient (Wildman–Crippen LogP) is 3.81. The van der Waals surface area contributed by atoms with E-state index in [1.54, 1.807) is 23.0 Å². The van der Waals surface area contributed by atoms with Crippen LogP contribution in [0.1, 0.15) is 5.69 Å². The van der Waals surface area contributed by atoms with Gasteiger partial charge in [0.15, 0.2) is 0 Å². The standard InChI is InChI=1S/C19H16FN5/c20-15-6-8-17(9-7-15)25-18(10-12-22-25)14-21-19-11-13-24(23-19)16-4-2-1-3-5-16/h1-13H,14H2,(H,21,23). The lowest BCUT2D eigenvalue weighted by molar-refractivity contribution is 0.626. The van der Waals surface area contributed by atoms with Crippen LogP contribution in [-0.4, -0.2) is 19.6 Å². The fourth-order valence-electron chi connectivity index (χ4n) is 2.60. The molecule has 0 bridgehead atoms. The van der Waals surface area contributed by atoms with E-state index in [4.69, 9.17) is 0 Å². The summed E-state index contributed by atoms with van der Waals surface area (Å²) in [6, 6.07) is 20.0. The number of halogens is 1. The number of benzene rings is 2. The Morgan fingerprint density at radius 1 is 0.880 bits per heavy atom. The van der Waals surface area contributed by atoms with Crippen molar-refractivity contribution in [2.45, 2.75) is 6.54 Å². The molecule has 5 nitrogen and oxygen atoms in total. The van der Waals surface area contributed by atoms with Gasteiger partial charge in [-0.1, -0.05) is 18.2 Å². The van der Waals surface area contributed by atoms with Crippen LogP contribution in [0.2, 0.25) is 0 Å². The van der Waals surface area contributed by atoms with E-state index >= 15 is 0 Å². The van der Waals surface area contributed by atoms with Crippen LogP contribution in [0.15, 0.2) is 79.1 Å². The van der Waals surface area contributed by atoms with Gasteiger partial charge in [-0.15, -0.1) is 0 Å². The molecule has 25 heavy (non-hydrogen) atoms. The molecule has 0 spiro atoms. The Balaban J connectivity index is 1.49. The van der Waals surface area contributed by atoms with Gasteiger partial charge in [-0.25, -0.2) is 13.8 Å². The predicted molar refractivity (Wildman–Crippen MR) is 94.4 cm³/mol. The molecule has 2 heterocycles. The Labute approximate surface area is 144 Å². The molecule has 1 N–H and O–H groups in total. The highest BCUT2D eigenvalue weighted by molar-refractivity contribution is 5.39. The van der Waals surface area contributed by atoms with Crippen LogP contribution >= 0.6 is 0 Å². The first-order valence-corrected chi connectivity index (χ1v) is 7.93. The van der Waals surface area contributed by atoms with Gasteiger partial charge in [-0.05, 0) is 42.5 Å². The molecule has 0 fully saturated rings. The SMILES string of the molecule is Fc1ccc(-n2nccc2CNc2ccn(-c3ccccc3)n2)cc1. The van der Waals surface area contributed by atoms with Crippen molar-refractivity contribution < 1.29 is 4.39 Å². The Kier molecular flexibility index (Phi) is 4.00. The Bertz CT molecular complexity index is 957. The van der Waals surface area contributed by atoms with Crippen LogP contribution in [0, 0.1) is 5.82 Å². The van der Waals surface area contributed by atoms with E-state index in [0.717, 1.165) is 22.9 Å². The van der Waals surface area contributed by atoms with Crippen LogP contribution in [0.4, 0.5) is 10.2 Å². The summed E-state index contributed by atoms with van der Waals surface area (Å²) in [5.41, 5.74) is 2.78. The lowest BCUT2D eigenvalue weighted by Crippen LogP contribution is -2.08. The Morgan fingerprint density at radius 3 is 2.48 bits per heavy atom. The molecule has 4 rings (SSSR count). The van der Waals surface area contributed by atoms with Gasteiger partial charge >= 0.3 is 0 Å². The van der Waals surface area contributed by atoms with Gasteiger partial charge in [0.1, 0.15) is 11.6 Å². The molecular weight excluding hydrogens is 317 g/mol. The van der Waals surface area contributed by atoms with E-state index in [0.29, 0.717) is 6.54 Å². The number of hydrogen-bond donors (Lipinski definition) is 1. The molecule has 0 amide bonds. The van der Waals surface area contributed by atoms with Crippen molar-refractivity contribution in [2.75, 3.05) is 5.32 Å². The highest BCUT2D eigenvalue weighted by Gasteiger charge is 2.06. The molecule has 4 aromatic rings. The number of hydrogen-bond acceptors (Lipinski definition) is 3. The minimum atomic E-state index is -0.262. The average Bonchev–Trinajstić information content (AvgIpc) is 3.31. The van der Waals surface area contributed by atoms with E-state index in [9.17, 15) is 4.39 Å². The fraction of sp³-hybridized carbons (Fsp3) is 0.0526. The zero-order valence-electron chi connectivity index (χ0n) is 13.4. The van der Waals surface area contributed by atoms with Gasteiger partial charge in [-0.2, -0.15) is 10.2 Å². The summed E-state index contributed by atoms with van der Waals surface area (Å²) in [5.74, 6) is 0.512. The summed E-state index contributed by atoms with van der Waals surface area (Å²) in [7, 11) is 0. The minimum Gasteiger partial charge on any atom is -0.363 e. The van der Waals surface area contributed by atoms with Gasteiger partial charge < -0.3 is 5.32 Å². The maximum atomic E-state index is 13.1. The van der Waals surface area contributed by atoms with Gasteiger partial charge in [0, 0.05) is 18.5 Å². The largest absolute Gasteiger partial charge is 0.363 e. The number of nitrogens with one attached hydrogen (secondary N) is 1. The summed E-state index contributed by atoms with van der Waals surface area (Å²) in [6.07, 6.45) is 3.64. The van der Waals surface area contributed by atoms with E-state index in [2.05, 4.69) is 15.5 Å². The van der Waals surface area contributed by atoms with E-state index in [1.807, 2.05) is 53.3 Å². The van der Waals surface area contributed by atoms with Gasteiger partial charge in [0.2, 0.25) is 0 Å². The van der Waals surface area contributed by atoms with Crippen molar-refractivity contribution in [3.63, 3.8) is 0 Å². The van der Waals surface area contributed by atoms with Crippen LogP contribution in [0.5, 0.6) is 0 Å². The maximum absolute atomic E-state index is 13.1. The summed E-state index contributed by atoms with van der Waals surface area (Å²) in [4.78, 5) is 0. The van der Waals surface area contributed by atoms with Gasteiger partial charge in [0.25, 0.3) is 0 Å². The normalized spacial score (nSPS) is 10.8. The van der Waals surface area contributed by atoms with Crippen molar-refractivity contribution >= 4 is 5.82 Å². The summed E-state index contributed by atoms with van der Waals surface area (Å²) < 4.78 is 16.7. The van der Waals surface area contributed by atoms with Crippen molar-refractivity contribution in [1.82, 2.24) is 19.6 Å². The zero-order valence-corrected chi connectivity index (χ0v) is 13.4. The van der Waals surface area contributed by atoms with E-state index in [1.165, 1.54) is 12.1 Å². The molecule has 0 atom stereocenters. The Morgan fingerprint density at radius 2 is 1.68 bits per heavy atom. The third-order valence-corrected chi connectivity index (χ3v) is 3.85. The van der Waals surface area contributed by atoms with E-state index < -0.39 is 0 Å². The summed E-state index contributed by atoms with van der Waals surface area (Å²) >= 11 is 0. The third-order valence-electron chi connectivity index (χ3n) is 3.85. The average molecular weight is 333 g/mol. The minimum absolute atomic E-state index is 0.262. The second-order valence-electron chi connectivity index (χ2n) is 5.55. The molecule has 0 saturated heterocycles. The molecule has 0 saturated carbocycles. The highest BCUT2D eigenvalue weighted by atomic mass is 19.1. The van der Waals surface area contributed by atoms with Crippen molar-refractivity contribution in [3.05, 3.63) is 90.6 Å². The monoisotopic (exact) mass is 333 g/mol. The lowest BCUT2D eigenvalue weighted by atomic mass is 10.3. The van der Waals surface area contributed by atoms with Crippen molar-refractivity contribution in [3.8, 4) is 11.4 Å². The zero-order chi connectivity index (χ0) is 17.1. The van der Waals surface area contributed by atoms with Gasteiger partial charge in [-0.3, -0.25) is 0 Å². The number of aromatic nitrogens is 4. The smallest absolute Gasteiger partial charge is 0.148 e. The third kappa shape index (κ3) is 3.28. The van der Waals surface area contributed by atoms with E-state index in [-0.39, 0.29) is 5.82 Å². The first-order valence-electron chi connectivity index (χ1n) is 7.93. The van der Waals surface area contributed by atoms with Gasteiger partial charge in [0.05, 0.1) is 23.6 Å². The molecule has 0 radical (unpaired) electrons. The van der Waals surface area contributed by atoms with Crippen LogP contribution in [0.3, 0.4) is 0 Å². The topological polar surface area (TPSA) is 47.7 Å². The van der Waals surface area contributed by atoms with Crippen molar-refractivity contribution in [2.24, 2.45) is 0 Å². The lowest BCUT2D eigenvalue weighted by Gasteiger charge is -2.08. The quantitative estimate of drug-likeness (QED) is 0.604.